The molecule has 0 aliphatic heterocycles. The average molecular weight is 297 g/mol. The van der Waals surface area contributed by atoms with Crippen LogP contribution in [0.5, 0.6) is 0 Å². The van der Waals surface area contributed by atoms with Gasteiger partial charge in [0.15, 0.2) is 6.61 Å². The highest BCUT2D eigenvalue weighted by Crippen LogP contribution is 2.13. The van der Waals surface area contributed by atoms with Crippen molar-refractivity contribution in [1.29, 1.82) is 0 Å². The van der Waals surface area contributed by atoms with E-state index in [1.807, 2.05) is 0 Å². The van der Waals surface area contributed by atoms with Crippen molar-refractivity contribution >= 4 is 22.7 Å². The summed E-state index contributed by atoms with van der Waals surface area (Å²) in [5, 5.41) is 0.602. The number of carbonyl (C=O) groups excluding carboxylic acids is 2. The van der Waals surface area contributed by atoms with Gasteiger partial charge in [0.1, 0.15) is 11.1 Å². The lowest BCUT2D eigenvalue weighted by Gasteiger charge is -2.03. The van der Waals surface area contributed by atoms with Gasteiger partial charge >= 0.3 is 11.6 Å². The molecule has 6 nitrogen and oxygen atoms in total. The minimum atomic E-state index is -0.889. The van der Waals surface area contributed by atoms with Crippen molar-refractivity contribution < 1.29 is 18.7 Å². The Kier molecular flexibility index (Phi) is 3.57. The number of H-pyrrole nitrogens is 1. The van der Waals surface area contributed by atoms with E-state index in [0.29, 0.717) is 16.7 Å². The molecule has 6 heteroatoms. The van der Waals surface area contributed by atoms with Crippen molar-refractivity contribution in [2.75, 3.05) is 6.61 Å². The number of carbonyl (C=O) groups is 2. The second-order valence-corrected chi connectivity index (χ2v) is 4.57. The van der Waals surface area contributed by atoms with Gasteiger partial charge in [-0.05, 0) is 24.3 Å². The van der Waals surface area contributed by atoms with Crippen LogP contribution in [0.1, 0.15) is 20.8 Å². The first kappa shape index (κ1) is 13.8. The maximum Gasteiger partial charge on any atom is 0.351 e. The molecule has 0 saturated heterocycles. The zero-order valence-electron chi connectivity index (χ0n) is 11.4. The molecule has 0 aliphatic carbocycles. The van der Waals surface area contributed by atoms with Gasteiger partial charge in [-0.25, -0.2) is 9.59 Å². The van der Waals surface area contributed by atoms with Crippen molar-refractivity contribution in [1.82, 2.24) is 4.98 Å². The maximum absolute atomic E-state index is 11.9. The third-order valence-corrected chi connectivity index (χ3v) is 3.09. The van der Waals surface area contributed by atoms with Gasteiger partial charge in [0.05, 0.1) is 5.69 Å². The Morgan fingerprint density at radius 3 is 2.73 bits per heavy atom. The SMILES string of the molecule is O=C(COC(=O)c1cc2ccccc2oc1=O)c1ccc[nH]1. The van der Waals surface area contributed by atoms with E-state index in [0.717, 1.165) is 0 Å². The third kappa shape index (κ3) is 2.67. The predicted molar refractivity (Wildman–Crippen MR) is 77.9 cm³/mol. The number of nitrogens with one attached hydrogen (secondary N) is 1. The summed E-state index contributed by atoms with van der Waals surface area (Å²) in [6.07, 6.45) is 1.59. The normalized spacial score (nSPS) is 10.5. The molecule has 0 radical (unpaired) electrons. The number of fused-ring (bicyclic) bond motifs is 1. The fraction of sp³-hybridized carbons (Fsp3) is 0.0625. The molecule has 0 bridgehead atoms. The van der Waals surface area contributed by atoms with Crippen LogP contribution in [0.2, 0.25) is 0 Å². The van der Waals surface area contributed by atoms with Crippen LogP contribution < -0.4 is 5.63 Å². The maximum atomic E-state index is 11.9. The summed E-state index contributed by atoms with van der Waals surface area (Å²) in [5.41, 5.74) is -0.320. The van der Waals surface area contributed by atoms with Crippen LogP contribution in [0.25, 0.3) is 11.0 Å². The van der Waals surface area contributed by atoms with Crippen molar-refractivity contribution in [2.24, 2.45) is 0 Å². The molecular formula is C16H11NO5. The lowest BCUT2D eigenvalue weighted by atomic mass is 10.2. The highest BCUT2D eigenvalue weighted by Gasteiger charge is 2.17. The Balaban J connectivity index is 1.79. The first-order valence-corrected chi connectivity index (χ1v) is 6.52. The smallest absolute Gasteiger partial charge is 0.351 e. The van der Waals surface area contributed by atoms with Gasteiger partial charge in [-0.1, -0.05) is 18.2 Å². The Hall–Kier alpha value is -3.15. The Morgan fingerprint density at radius 2 is 1.95 bits per heavy atom. The number of rotatable bonds is 4. The van der Waals surface area contributed by atoms with E-state index >= 15 is 0 Å². The average Bonchev–Trinajstić information content (AvgIpc) is 3.06. The summed E-state index contributed by atoms with van der Waals surface area (Å²) in [6, 6.07) is 11.4. The summed E-state index contributed by atoms with van der Waals surface area (Å²) in [5.74, 6) is -1.28. The standard InChI is InChI=1S/C16H11NO5/c18-13(12-5-3-7-17-12)9-21-15(19)11-8-10-4-1-2-6-14(10)22-16(11)20/h1-8,17H,9H2. The lowest BCUT2D eigenvalue weighted by molar-refractivity contribution is 0.0469. The number of ether oxygens (including phenoxy) is 1. The molecule has 0 saturated carbocycles. The van der Waals surface area contributed by atoms with E-state index in [9.17, 15) is 14.4 Å². The molecular weight excluding hydrogens is 286 g/mol. The number of hydrogen-bond donors (Lipinski definition) is 1. The molecule has 3 rings (SSSR count). The molecule has 2 heterocycles. The van der Waals surface area contributed by atoms with Gasteiger partial charge in [-0.15, -0.1) is 0 Å². The van der Waals surface area contributed by atoms with E-state index in [1.54, 1.807) is 42.6 Å². The summed E-state index contributed by atoms with van der Waals surface area (Å²) < 4.78 is 9.92. The highest BCUT2D eigenvalue weighted by atomic mass is 16.5. The molecule has 0 fully saturated rings. The fourth-order valence-corrected chi connectivity index (χ4v) is 1.99. The zero-order valence-corrected chi connectivity index (χ0v) is 11.4. The number of aromatic nitrogens is 1. The van der Waals surface area contributed by atoms with Gasteiger partial charge in [0.25, 0.3) is 0 Å². The van der Waals surface area contributed by atoms with Crippen LogP contribution in [-0.2, 0) is 4.74 Å². The molecule has 2 aromatic heterocycles. The van der Waals surface area contributed by atoms with Crippen LogP contribution >= 0.6 is 0 Å². The lowest BCUT2D eigenvalue weighted by Crippen LogP contribution is -2.20. The van der Waals surface area contributed by atoms with Crippen LogP contribution in [0.4, 0.5) is 0 Å². The molecule has 22 heavy (non-hydrogen) atoms. The summed E-state index contributed by atoms with van der Waals surface area (Å²) in [4.78, 5) is 38.2. The highest BCUT2D eigenvalue weighted by molar-refractivity contribution is 5.98. The monoisotopic (exact) mass is 297 g/mol. The first-order valence-electron chi connectivity index (χ1n) is 6.52. The molecule has 3 aromatic rings. The molecule has 0 aliphatic rings. The molecule has 0 atom stereocenters. The number of para-hydroxylation sites is 1. The first-order chi connectivity index (χ1) is 10.6. The number of ketones is 1. The van der Waals surface area contributed by atoms with Crippen LogP contribution in [0.15, 0.2) is 57.9 Å². The van der Waals surface area contributed by atoms with Crippen LogP contribution in [-0.4, -0.2) is 23.3 Å². The fourth-order valence-electron chi connectivity index (χ4n) is 1.99. The van der Waals surface area contributed by atoms with E-state index in [-0.39, 0.29) is 11.3 Å². The van der Waals surface area contributed by atoms with Crippen molar-refractivity contribution in [3.8, 4) is 0 Å². The van der Waals surface area contributed by atoms with Crippen molar-refractivity contribution in [3.05, 3.63) is 70.3 Å². The van der Waals surface area contributed by atoms with E-state index in [1.165, 1.54) is 6.07 Å². The molecule has 1 aromatic carbocycles. The molecule has 0 amide bonds. The number of hydrogen-bond acceptors (Lipinski definition) is 5. The van der Waals surface area contributed by atoms with Gasteiger partial charge in [0.2, 0.25) is 5.78 Å². The molecule has 0 unspecified atom stereocenters. The predicted octanol–water partition coefficient (Wildman–Crippen LogP) is 2.16. The van der Waals surface area contributed by atoms with E-state index in [4.69, 9.17) is 9.15 Å². The largest absolute Gasteiger partial charge is 0.453 e. The zero-order chi connectivity index (χ0) is 15.5. The van der Waals surface area contributed by atoms with Gasteiger partial charge in [0, 0.05) is 11.6 Å². The van der Waals surface area contributed by atoms with Gasteiger partial charge in [-0.2, -0.15) is 0 Å². The van der Waals surface area contributed by atoms with Crippen LogP contribution in [0, 0.1) is 0 Å². The quantitative estimate of drug-likeness (QED) is 0.453. The van der Waals surface area contributed by atoms with Crippen LogP contribution in [0.3, 0.4) is 0 Å². The Morgan fingerprint density at radius 1 is 1.14 bits per heavy atom. The summed E-state index contributed by atoms with van der Waals surface area (Å²) in [7, 11) is 0. The van der Waals surface area contributed by atoms with E-state index < -0.39 is 18.2 Å². The molecule has 1 N–H and O–H groups in total. The number of esters is 1. The van der Waals surface area contributed by atoms with Gasteiger partial charge in [-0.3, -0.25) is 4.79 Å². The Labute approximate surface area is 124 Å². The molecule has 110 valence electrons. The summed E-state index contributed by atoms with van der Waals surface area (Å²) in [6.45, 7) is -0.453. The number of benzene rings is 1. The molecule has 0 spiro atoms. The minimum absolute atomic E-state index is 0.238. The Bertz CT molecular complexity index is 892. The topological polar surface area (TPSA) is 89.4 Å². The number of aromatic amines is 1. The number of Topliss-reactive ketones (excluding diaryl/α,β-unsaturated/α-hetero) is 1. The second-order valence-electron chi connectivity index (χ2n) is 4.57. The van der Waals surface area contributed by atoms with Crippen molar-refractivity contribution in [3.63, 3.8) is 0 Å². The minimum Gasteiger partial charge on any atom is -0.453 e. The summed E-state index contributed by atoms with van der Waals surface area (Å²) >= 11 is 0. The van der Waals surface area contributed by atoms with Crippen molar-refractivity contribution in [2.45, 2.75) is 0 Å². The second kappa shape index (κ2) is 5.69. The van der Waals surface area contributed by atoms with E-state index in [2.05, 4.69) is 4.98 Å². The third-order valence-electron chi connectivity index (χ3n) is 3.09. The van der Waals surface area contributed by atoms with Gasteiger partial charge < -0.3 is 14.1 Å².